The molecular weight excluding hydrogens is 464 g/mol. The van der Waals surface area contributed by atoms with Gasteiger partial charge in [-0.1, -0.05) is 37.5 Å². The lowest BCUT2D eigenvalue weighted by molar-refractivity contribution is -0.122. The van der Waals surface area contributed by atoms with Crippen LogP contribution in [-0.2, 0) is 14.8 Å². The van der Waals surface area contributed by atoms with E-state index >= 15 is 0 Å². The predicted octanol–water partition coefficient (Wildman–Crippen LogP) is 5.79. The van der Waals surface area contributed by atoms with Crippen LogP contribution in [0.4, 0.5) is 5.69 Å². The van der Waals surface area contributed by atoms with Gasteiger partial charge in [0, 0.05) is 22.9 Å². The van der Waals surface area contributed by atoms with Crippen LogP contribution in [-0.4, -0.2) is 25.1 Å². The molecule has 1 aliphatic carbocycles. The fourth-order valence-corrected chi connectivity index (χ4v) is 6.69. The summed E-state index contributed by atoms with van der Waals surface area (Å²) in [6.07, 6.45) is 5.62. The Labute approximate surface area is 203 Å². The number of aryl methyl sites for hydroxylation is 1. The number of fused-ring (bicyclic) bond motifs is 2. The van der Waals surface area contributed by atoms with E-state index in [9.17, 15) is 18.0 Å². The lowest BCUT2D eigenvalue weighted by Crippen LogP contribution is -2.41. The molecule has 2 heterocycles. The minimum absolute atomic E-state index is 0.0324. The first-order chi connectivity index (χ1) is 16.8. The van der Waals surface area contributed by atoms with E-state index in [0.29, 0.717) is 46.0 Å². The Morgan fingerprint density at radius 3 is 2.51 bits per heavy atom. The number of amides is 1. The van der Waals surface area contributed by atoms with Gasteiger partial charge in [0.2, 0.25) is 5.91 Å². The van der Waals surface area contributed by atoms with Gasteiger partial charge in [0.1, 0.15) is 16.2 Å². The van der Waals surface area contributed by atoms with Crippen molar-refractivity contribution >= 4 is 49.3 Å². The molecule has 8 heteroatoms. The first-order valence-electron chi connectivity index (χ1n) is 11.8. The van der Waals surface area contributed by atoms with Crippen LogP contribution in [0.15, 0.2) is 64.0 Å². The second-order valence-electron chi connectivity index (χ2n) is 9.04. The van der Waals surface area contributed by atoms with Gasteiger partial charge in [-0.3, -0.25) is 14.6 Å². The van der Waals surface area contributed by atoms with Crippen molar-refractivity contribution in [1.29, 1.82) is 0 Å². The van der Waals surface area contributed by atoms with E-state index in [0.717, 1.165) is 23.6 Å². The van der Waals surface area contributed by atoms with Crippen molar-refractivity contribution in [2.24, 2.45) is 5.92 Å². The highest BCUT2D eigenvalue weighted by Crippen LogP contribution is 2.36. The number of benzene rings is 2. The summed E-state index contributed by atoms with van der Waals surface area (Å²) >= 11 is 0. The number of rotatable bonds is 5. The molecule has 180 valence electrons. The molecule has 0 N–H and O–H groups in total. The highest BCUT2D eigenvalue weighted by molar-refractivity contribution is 7.93. The second kappa shape index (κ2) is 8.92. The number of Topliss-reactive ketones (excluding diaryl/α,β-unsaturated/α-hetero) is 1. The third-order valence-electron chi connectivity index (χ3n) is 6.70. The summed E-state index contributed by atoms with van der Waals surface area (Å²) in [6, 6.07) is 13.2. The maximum Gasteiger partial charge on any atom is 0.273 e. The summed E-state index contributed by atoms with van der Waals surface area (Å²) in [6.45, 7) is 3.13. The smallest absolute Gasteiger partial charge is 0.273 e. The second-order valence-corrected chi connectivity index (χ2v) is 10.8. The number of ketones is 1. The van der Waals surface area contributed by atoms with Crippen LogP contribution in [0.3, 0.4) is 0 Å². The van der Waals surface area contributed by atoms with Gasteiger partial charge < -0.3 is 4.42 Å². The van der Waals surface area contributed by atoms with Gasteiger partial charge in [0.05, 0.1) is 16.8 Å². The van der Waals surface area contributed by atoms with Crippen LogP contribution in [0.2, 0.25) is 0 Å². The number of hydrogen-bond acceptors (Lipinski definition) is 6. The Bertz CT molecular complexity index is 1560. The monoisotopic (exact) mass is 490 g/mol. The third-order valence-corrected chi connectivity index (χ3v) is 8.46. The molecule has 4 aromatic rings. The summed E-state index contributed by atoms with van der Waals surface area (Å²) in [5.74, 6) is -0.585. The maximum absolute atomic E-state index is 14.2. The van der Waals surface area contributed by atoms with Gasteiger partial charge in [-0.15, -0.1) is 0 Å². The molecule has 0 unspecified atom stereocenters. The third kappa shape index (κ3) is 4.01. The Balaban J connectivity index is 1.73. The first kappa shape index (κ1) is 23.2. The van der Waals surface area contributed by atoms with Crippen molar-refractivity contribution in [3.05, 3.63) is 66.1 Å². The maximum atomic E-state index is 14.2. The van der Waals surface area contributed by atoms with E-state index in [2.05, 4.69) is 4.98 Å². The lowest BCUT2D eigenvalue weighted by Gasteiger charge is -2.29. The van der Waals surface area contributed by atoms with Crippen LogP contribution >= 0.6 is 0 Å². The van der Waals surface area contributed by atoms with Gasteiger partial charge >= 0.3 is 0 Å². The highest BCUT2D eigenvalue weighted by Gasteiger charge is 2.37. The van der Waals surface area contributed by atoms with E-state index in [1.165, 1.54) is 19.2 Å². The average Bonchev–Trinajstić information content (AvgIpc) is 3.19. The molecule has 0 bridgehead atoms. The predicted molar refractivity (Wildman–Crippen MR) is 134 cm³/mol. The van der Waals surface area contributed by atoms with Crippen LogP contribution in [0.25, 0.3) is 21.9 Å². The van der Waals surface area contributed by atoms with Crippen LogP contribution in [0.5, 0.6) is 0 Å². The number of aromatic nitrogens is 1. The van der Waals surface area contributed by atoms with Crippen LogP contribution < -0.4 is 4.31 Å². The molecule has 5 rings (SSSR count). The zero-order chi connectivity index (χ0) is 24.7. The topological polar surface area (TPSA) is 97.5 Å². The van der Waals surface area contributed by atoms with Gasteiger partial charge in [0.25, 0.3) is 10.0 Å². The summed E-state index contributed by atoms with van der Waals surface area (Å²) < 4.78 is 35.0. The number of sulfonamides is 1. The number of anilines is 1. The summed E-state index contributed by atoms with van der Waals surface area (Å²) in [4.78, 5) is 30.4. The summed E-state index contributed by atoms with van der Waals surface area (Å²) in [5.41, 5.74) is 1.34. The quantitative estimate of drug-likeness (QED) is 0.328. The van der Waals surface area contributed by atoms with Crippen molar-refractivity contribution in [3.63, 3.8) is 0 Å². The molecule has 0 atom stereocenters. The molecule has 7 nitrogen and oxygen atoms in total. The molecule has 35 heavy (non-hydrogen) atoms. The molecule has 2 aromatic heterocycles. The molecule has 1 fully saturated rings. The fourth-order valence-electron chi connectivity index (χ4n) is 5.05. The van der Waals surface area contributed by atoms with Gasteiger partial charge in [-0.2, -0.15) is 0 Å². The number of hydrogen-bond donors (Lipinski definition) is 0. The van der Waals surface area contributed by atoms with E-state index in [1.807, 2.05) is 0 Å². The molecule has 0 saturated heterocycles. The number of furan rings is 1. The SMILES string of the molecule is CC(=O)c1c(C)oc2ccc(N(C(=O)C3CCCCC3)S(=O)(=O)c3cccc4cccnc34)cc12. The van der Waals surface area contributed by atoms with E-state index < -0.39 is 21.8 Å². The first-order valence-corrected chi connectivity index (χ1v) is 13.2. The molecule has 1 saturated carbocycles. The number of carbonyl (C=O) groups is 2. The Kier molecular flexibility index (Phi) is 5.92. The summed E-state index contributed by atoms with van der Waals surface area (Å²) in [5, 5.41) is 1.15. The van der Waals surface area contributed by atoms with Crippen molar-refractivity contribution < 1.29 is 22.4 Å². The highest BCUT2D eigenvalue weighted by atomic mass is 32.2. The van der Waals surface area contributed by atoms with Crippen molar-refractivity contribution in [2.75, 3.05) is 4.31 Å². The molecule has 1 amide bonds. The molecular formula is C27H26N2O5S. The number of pyridine rings is 1. The Hall–Kier alpha value is -3.52. The largest absolute Gasteiger partial charge is 0.461 e. The molecule has 1 aliphatic rings. The minimum atomic E-state index is -4.32. The number of para-hydroxylation sites is 1. The zero-order valence-electron chi connectivity index (χ0n) is 19.7. The van der Waals surface area contributed by atoms with E-state index in [4.69, 9.17) is 4.42 Å². The molecule has 0 radical (unpaired) electrons. The lowest BCUT2D eigenvalue weighted by atomic mass is 9.88. The minimum Gasteiger partial charge on any atom is -0.461 e. The van der Waals surface area contributed by atoms with E-state index in [1.54, 1.807) is 49.4 Å². The normalized spacial score (nSPS) is 14.9. The van der Waals surface area contributed by atoms with Crippen LogP contribution in [0.1, 0.15) is 55.1 Å². The number of nitrogens with zero attached hydrogens (tertiary/aromatic N) is 2. The molecule has 0 spiro atoms. The van der Waals surface area contributed by atoms with Crippen LogP contribution in [0, 0.1) is 12.8 Å². The van der Waals surface area contributed by atoms with Crippen molar-refractivity contribution in [3.8, 4) is 0 Å². The van der Waals surface area contributed by atoms with Gasteiger partial charge in [0.15, 0.2) is 5.78 Å². The van der Waals surface area contributed by atoms with Crippen molar-refractivity contribution in [1.82, 2.24) is 4.98 Å². The van der Waals surface area contributed by atoms with Crippen molar-refractivity contribution in [2.45, 2.75) is 50.8 Å². The standard InChI is InChI=1S/C27H26N2O5S/c1-17(30)25-18(2)34-23-14-13-21(16-22(23)25)29(27(31)20-8-4-3-5-9-20)35(32,33)24-12-6-10-19-11-7-15-28-26(19)24/h6-7,10-16,20H,3-5,8-9H2,1-2H3. The summed E-state index contributed by atoms with van der Waals surface area (Å²) in [7, 11) is -4.32. The van der Waals surface area contributed by atoms with Gasteiger partial charge in [-0.05, 0) is 57.0 Å². The number of carbonyl (C=O) groups excluding carboxylic acids is 2. The Morgan fingerprint density at radius 2 is 1.77 bits per heavy atom. The average molecular weight is 491 g/mol. The zero-order valence-corrected chi connectivity index (χ0v) is 20.5. The Morgan fingerprint density at radius 1 is 1.03 bits per heavy atom. The van der Waals surface area contributed by atoms with E-state index in [-0.39, 0.29) is 16.4 Å². The van der Waals surface area contributed by atoms with Gasteiger partial charge in [-0.25, -0.2) is 12.7 Å². The molecule has 2 aromatic carbocycles. The molecule has 0 aliphatic heterocycles. The fraction of sp³-hybridized carbons (Fsp3) is 0.296.